The van der Waals surface area contributed by atoms with Crippen molar-refractivity contribution in [1.29, 1.82) is 0 Å². The first-order valence-corrected chi connectivity index (χ1v) is 5.97. The number of hydrogen-bond acceptors (Lipinski definition) is 3. The summed E-state index contributed by atoms with van der Waals surface area (Å²) < 4.78 is 0. The molecule has 0 heterocycles. The van der Waals surface area contributed by atoms with Gasteiger partial charge in [0.2, 0.25) is 5.91 Å². The highest BCUT2D eigenvalue weighted by atomic mass is 16.3. The second-order valence-corrected chi connectivity index (χ2v) is 3.97. The third-order valence-corrected chi connectivity index (χ3v) is 2.40. The molecule has 0 fully saturated rings. The van der Waals surface area contributed by atoms with Gasteiger partial charge in [0, 0.05) is 13.1 Å². The first-order chi connectivity index (χ1) is 8.22. The van der Waals surface area contributed by atoms with Gasteiger partial charge in [0.05, 0.1) is 6.54 Å². The summed E-state index contributed by atoms with van der Waals surface area (Å²) in [5.74, 6) is 0.281. The van der Waals surface area contributed by atoms with Crippen LogP contribution in [0.4, 0.5) is 0 Å². The topological polar surface area (TPSA) is 61.4 Å². The number of aromatic hydroxyl groups is 1. The van der Waals surface area contributed by atoms with Crippen molar-refractivity contribution in [1.82, 2.24) is 10.6 Å². The first kappa shape index (κ1) is 13.5. The van der Waals surface area contributed by atoms with E-state index >= 15 is 0 Å². The lowest BCUT2D eigenvalue weighted by Gasteiger charge is -2.06. The fraction of sp³-hybridized carbons (Fsp3) is 0.462. The molecule has 0 aliphatic carbocycles. The standard InChI is InChI=1S/C13H20N2O2/c1-2-3-8-15-13(17)10-14-9-11-4-6-12(16)7-5-11/h4-7,14,16H,2-3,8-10H2,1H3,(H,15,17). The van der Waals surface area contributed by atoms with Crippen LogP contribution in [0.3, 0.4) is 0 Å². The van der Waals surface area contributed by atoms with E-state index in [1.54, 1.807) is 12.1 Å². The molecule has 0 saturated carbocycles. The van der Waals surface area contributed by atoms with Crippen molar-refractivity contribution in [2.24, 2.45) is 0 Å². The van der Waals surface area contributed by atoms with Crippen molar-refractivity contribution < 1.29 is 9.90 Å². The Hall–Kier alpha value is -1.55. The van der Waals surface area contributed by atoms with Crippen LogP contribution < -0.4 is 10.6 Å². The molecule has 94 valence electrons. The van der Waals surface area contributed by atoms with E-state index < -0.39 is 0 Å². The fourth-order valence-corrected chi connectivity index (χ4v) is 1.40. The van der Waals surface area contributed by atoms with Crippen LogP contribution in [-0.4, -0.2) is 24.1 Å². The summed E-state index contributed by atoms with van der Waals surface area (Å²) in [6.45, 7) is 3.79. The Kier molecular flexibility index (Phi) is 6.10. The molecule has 0 radical (unpaired) electrons. The molecule has 1 aromatic rings. The van der Waals surface area contributed by atoms with Gasteiger partial charge in [0.15, 0.2) is 0 Å². The molecule has 0 spiro atoms. The highest BCUT2D eigenvalue weighted by Crippen LogP contribution is 2.08. The van der Waals surface area contributed by atoms with Crippen LogP contribution in [0.5, 0.6) is 5.75 Å². The number of nitrogens with one attached hydrogen (secondary N) is 2. The molecule has 1 rings (SSSR count). The number of phenolic OH excluding ortho intramolecular Hbond substituents is 1. The van der Waals surface area contributed by atoms with Gasteiger partial charge >= 0.3 is 0 Å². The van der Waals surface area contributed by atoms with Gasteiger partial charge < -0.3 is 15.7 Å². The minimum absolute atomic E-state index is 0.0252. The Morgan fingerprint density at radius 3 is 2.65 bits per heavy atom. The predicted octanol–water partition coefficient (Wildman–Crippen LogP) is 1.40. The monoisotopic (exact) mass is 236 g/mol. The molecule has 0 unspecified atom stereocenters. The van der Waals surface area contributed by atoms with Gasteiger partial charge in [-0.2, -0.15) is 0 Å². The third kappa shape index (κ3) is 5.92. The number of benzene rings is 1. The van der Waals surface area contributed by atoms with E-state index in [1.807, 2.05) is 12.1 Å². The Bertz CT molecular complexity index is 336. The van der Waals surface area contributed by atoms with Crippen molar-refractivity contribution >= 4 is 5.91 Å². The zero-order valence-corrected chi connectivity index (χ0v) is 10.2. The van der Waals surface area contributed by atoms with Crippen LogP contribution in [0.15, 0.2) is 24.3 Å². The van der Waals surface area contributed by atoms with Gasteiger partial charge in [-0.15, -0.1) is 0 Å². The van der Waals surface area contributed by atoms with E-state index in [0.717, 1.165) is 24.9 Å². The molecule has 4 heteroatoms. The van der Waals surface area contributed by atoms with Crippen molar-refractivity contribution in [3.63, 3.8) is 0 Å². The van der Waals surface area contributed by atoms with Crippen LogP contribution in [0.25, 0.3) is 0 Å². The van der Waals surface area contributed by atoms with Gasteiger partial charge in [-0.3, -0.25) is 4.79 Å². The van der Waals surface area contributed by atoms with E-state index in [0.29, 0.717) is 13.1 Å². The molecule has 0 saturated heterocycles. The van der Waals surface area contributed by atoms with Gasteiger partial charge in [-0.05, 0) is 24.1 Å². The lowest BCUT2D eigenvalue weighted by molar-refractivity contribution is -0.120. The number of phenols is 1. The summed E-state index contributed by atoms with van der Waals surface area (Å²) in [5, 5.41) is 15.0. The molecule has 0 atom stereocenters. The number of carbonyl (C=O) groups excluding carboxylic acids is 1. The zero-order chi connectivity index (χ0) is 12.5. The molecule has 0 bridgehead atoms. The summed E-state index contributed by atoms with van der Waals surface area (Å²) in [6.07, 6.45) is 2.10. The number of unbranched alkanes of at least 4 members (excludes halogenated alkanes) is 1. The summed E-state index contributed by atoms with van der Waals surface area (Å²) in [6, 6.07) is 6.94. The largest absolute Gasteiger partial charge is 0.508 e. The number of amides is 1. The molecular formula is C13H20N2O2. The van der Waals surface area contributed by atoms with Gasteiger partial charge in [-0.1, -0.05) is 25.5 Å². The normalized spacial score (nSPS) is 10.2. The third-order valence-electron chi connectivity index (χ3n) is 2.40. The van der Waals surface area contributed by atoms with E-state index in [9.17, 15) is 4.79 Å². The second-order valence-electron chi connectivity index (χ2n) is 3.97. The van der Waals surface area contributed by atoms with Gasteiger partial charge in [0.25, 0.3) is 0 Å². The van der Waals surface area contributed by atoms with Crippen LogP contribution in [-0.2, 0) is 11.3 Å². The number of rotatable bonds is 7. The molecule has 1 amide bonds. The van der Waals surface area contributed by atoms with E-state index in [1.165, 1.54) is 0 Å². The first-order valence-electron chi connectivity index (χ1n) is 5.97. The molecule has 17 heavy (non-hydrogen) atoms. The molecule has 0 aliphatic rings. The molecule has 4 nitrogen and oxygen atoms in total. The maximum atomic E-state index is 11.3. The Morgan fingerprint density at radius 2 is 2.00 bits per heavy atom. The Balaban J connectivity index is 2.14. The van der Waals surface area contributed by atoms with Crippen molar-refractivity contribution in [2.45, 2.75) is 26.3 Å². The van der Waals surface area contributed by atoms with Crippen molar-refractivity contribution in [3.05, 3.63) is 29.8 Å². The van der Waals surface area contributed by atoms with Gasteiger partial charge in [-0.25, -0.2) is 0 Å². The lowest BCUT2D eigenvalue weighted by atomic mass is 10.2. The van der Waals surface area contributed by atoms with Crippen molar-refractivity contribution in [2.75, 3.05) is 13.1 Å². The summed E-state index contributed by atoms with van der Waals surface area (Å²) in [5.41, 5.74) is 1.05. The number of hydrogen-bond donors (Lipinski definition) is 3. The predicted molar refractivity (Wildman–Crippen MR) is 67.7 cm³/mol. The maximum absolute atomic E-state index is 11.3. The SMILES string of the molecule is CCCCNC(=O)CNCc1ccc(O)cc1. The molecule has 3 N–H and O–H groups in total. The summed E-state index contributed by atoms with van der Waals surface area (Å²) >= 11 is 0. The molecular weight excluding hydrogens is 216 g/mol. The van der Waals surface area contributed by atoms with Crippen molar-refractivity contribution in [3.8, 4) is 5.75 Å². The molecule has 1 aromatic carbocycles. The number of carbonyl (C=O) groups is 1. The maximum Gasteiger partial charge on any atom is 0.233 e. The summed E-state index contributed by atoms with van der Waals surface area (Å²) in [4.78, 5) is 11.3. The second kappa shape index (κ2) is 7.68. The minimum Gasteiger partial charge on any atom is -0.508 e. The fourth-order valence-electron chi connectivity index (χ4n) is 1.40. The van der Waals surface area contributed by atoms with E-state index in [2.05, 4.69) is 17.6 Å². The average molecular weight is 236 g/mol. The summed E-state index contributed by atoms with van der Waals surface area (Å²) in [7, 11) is 0. The van der Waals surface area contributed by atoms with E-state index in [4.69, 9.17) is 5.11 Å². The lowest BCUT2D eigenvalue weighted by Crippen LogP contribution is -2.34. The minimum atomic E-state index is 0.0252. The van der Waals surface area contributed by atoms with Crippen LogP contribution in [0, 0.1) is 0 Å². The zero-order valence-electron chi connectivity index (χ0n) is 10.2. The molecule has 0 aliphatic heterocycles. The van der Waals surface area contributed by atoms with Gasteiger partial charge in [0.1, 0.15) is 5.75 Å². The Morgan fingerprint density at radius 1 is 1.29 bits per heavy atom. The van der Waals surface area contributed by atoms with E-state index in [-0.39, 0.29) is 11.7 Å². The highest BCUT2D eigenvalue weighted by molar-refractivity contribution is 5.77. The highest BCUT2D eigenvalue weighted by Gasteiger charge is 1.99. The van der Waals surface area contributed by atoms with Crippen LogP contribution in [0.1, 0.15) is 25.3 Å². The average Bonchev–Trinajstić information content (AvgIpc) is 2.32. The molecule has 0 aromatic heterocycles. The quantitative estimate of drug-likeness (QED) is 0.627. The van der Waals surface area contributed by atoms with Crippen LogP contribution >= 0.6 is 0 Å². The van der Waals surface area contributed by atoms with Crippen LogP contribution in [0.2, 0.25) is 0 Å². The Labute approximate surface area is 102 Å². The smallest absolute Gasteiger partial charge is 0.233 e.